The van der Waals surface area contributed by atoms with Crippen LogP contribution >= 0.6 is 0 Å². The first-order valence-corrected chi connectivity index (χ1v) is 3.13. The molecule has 0 aliphatic carbocycles. The average Bonchev–Trinajstić information content (AvgIpc) is 1.79. The Bertz CT molecular complexity index is 145. The van der Waals surface area contributed by atoms with Crippen LogP contribution in [0.4, 0.5) is 4.39 Å². The minimum absolute atomic E-state index is 0.0718. The Kier molecular flexibility index (Phi) is 1.89. The van der Waals surface area contributed by atoms with Gasteiger partial charge in [0.2, 0.25) is 5.91 Å². The predicted molar refractivity (Wildman–Crippen MR) is 33.3 cm³/mol. The second-order valence-electron chi connectivity index (χ2n) is 2.55. The van der Waals surface area contributed by atoms with Crippen LogP contribution in [0.2, 0.25) is 0 Å². The summed E-state index contributed by atoms with van der Waals surface area (Å²) in [4.78, 5) is 10.3. The molecule has 4 heteroatoms. The van der Waals surface area contributed by atoms with E-state index in [4.69, 9.17) is 0 Å². The van der Waals surface area contributed by atoms with E-state index in [0.717, 1.165) is 0 Å². The van der Waals surface area contributed by atoms with Gasteiger partial charge in [0.1, 0.15) is 0 Å². The van der Waals surface area contributed by atoms with Gasteiger partial charge in [0.05, 0.1) is 19.8 Å². The molecular formula is C6H10FNO2. The Labute approximate surface area is 58.5 Å². The maximum Gasteiger partial charge on any atom is 0.216 e. The van der Waals surface area contributed by atoms with Crippen LogP contribution in [0, 0.1) is 0 Å². The lowest BCUT2D eigenvalue weighted by Crippen LogP contribution is -2.53. The molecular weight excluding hydrogens is 137 g/mol. The molecule has 0 bridgehead atoms. The highest BCUT2D eigenvalue weighted by Gasteiger charge is 2.38. The third kappa shape index (κ3) is 1.67. The monoisotopic (exact) mass is 147 g/mol. The summed E-state index contributed by atoms with van der Waals surface area (Å²) in [7, 11) is 0. The van der Waals surface area contributed by atoms with Crippen molar-refractivity contribution in [3.8, 4) is 0 Å². The summed E-state index contributed by atoms with van der Waals surface area (Å²) in [5.41, 5.74) is -1.30. The molecule has 0 saturated carbocycles. The first-order chi connectivity index (χ1) is 4.62. The molecule has 0 radical (unpaired) electrons. The molecule has 58 valence electrons. The number of halogens is 1. The van der Waals surface area contributed by atoms with Gasteiger partial charge in [-0.3, -0.25) is 4.79 Å². The van der Waals surface area contributed by atoms with E-state index in [1.54, 1.807) is 0 Å². The highest BCUT2D eigenvalue weighted by atomic mass is 19.1. The minimum atomic E-state index is -1.30. The Morgan fingerprint density at radius 3 is 2.70 bits per heavy atom. The molecule has 0 unspecified atom stereocenters. The van der Waals surface area contributed by atoms with E-state index in [0.29, 0.717) is 0 Å². The standard InChI is InChI=1S/C6H10FNO2/c1-5(9)8-2-6(7)3-10-4-6/h2-4H2,1H3,(H,8,9). The van der Waals surface area contributed by atoms with Gasteiger partial charge in [-0.25, -0.2) is 4.39 Å². The zero-order chi connectivity index (χ0) is 7.61. The molecule has 1 N–H and O–H groups in total. The van der Waals surface area contributed by atoms with Crippen LogP contribution in [0.1, 0.15) is 6.92 Å². The lowest BCUT2D eigenvalue weighted by Gasteiger charge is -2.33. The van der Waals surface area contributed by atoms with Gasteiger partial charge in [-0.05, 0) is 0 Å². The second-order valence-corrected chi connectivity index (χ2v) is 2.55. The fourth-order valence-electron chi connectivity index (χ4n) is 0.708. The minimum Gasteiger partial charge on any atom is -0.374 e. The highest BCUT2D eigenvalue weighted by molar-refractivity contribution is 5.72. The second kappa shape index (κ2) is 2.54. The van der Waals surface area contributed by atoms with Crippen molar-refractivity contribution >= 4 is 5.91 Å². The summed E-state index contributed by atoms with van der Waals surface area (Å²) < 4.78 is 17.6. The number of rotatable bonds is 2. The summed E-state index contributed by atoms with van der Waals surface area (Å²) in [6, 6.07) is 0. The molecule has 1 aliphatic rings. The molecule has 0 aromatic heterocycles. The van der Waals surface area contributed by atoms with E-state index >= 15 is 0 Å². The molecule has 10 heavy (non-hydrogen) atoms. The maximum atomic E-state index is 12.9. The van der Waals surface area contributed by atoms with Crippen molar-refractivity contribution in [3.05, 3.63) is 0 Å². The molecule has 0 aromatic carbocycles. The predicted octanol–water partition coefficient (Wildman–Crippen LogP) is -0.139. The number of carbonyl (C=O) groups excluding carboxylic acids is 1. The Morgan fingerprint density at radius 1 is 1.80 bits per heavy atom. The fourth-order valence-corrected chi connectivity index (χ4v) is 0.708. The molecule has 1 fully saturated rings. The molecule has 0 atom stereocenters. The van der Waals surface area contributed by atoms with Gasteiger partial charge in [-0.15, -0.1) is 0 Å². The fraction of sp³-hybridized carbons (Fsp3) is 0.833. The van der Waals surface area contributed by atoms with Crippen LogP contribution in [-0.2, 0) is 9.53 Å². The van der Waals surface area contributed by atoms with Crippen molar-refractivity contribution < 1.29 is 13.9 Å². The van der Waals surface area contributed by atoms with Crippen LogP contribution in [0.15, 0.2) is 0 Å². The van der Waals surface area contributed by atoms with Gasteiger partial charge in [0.25, 0.3) is 0 Å². The summed E-state index contributed by atoms with van der Waals surface area (Å²) in [5, 5.41) is 2.39. The van der Waals surface area contributed by atoms with Crippen molar-refractivity contribution in [3.63, 3.8) is 0 Å². The number of alkyl halides is 1. The number of hydrogen-bond acceptors (Lipinski definition) is 2. The quantitative estimate of drug-likeness (QED) is 0.590. The van der Waals surface area contributed by atoms with Gasteiger partial charge < -0.3 is 10.1 Å². The Balaban J connectivity index is 2.18. The van der Waals surface area contributed by atoms with E-state index in [-0.39, 0.29) is 25.7 Å². The van der Waals surface area contributed by atoms with Crippen LogP contribution < -0.4 is 5.32 Å². The number of amides is 1. The molecule has 1 heterocycles. The molecule has 0 spiro atoms. The number of nitrogens with one attached hydrogen (secondary N) is 1. The lowest BCUT2D eigenvalue weighted by atomic mass is 10.1. The van der Waals surface area contributed by atoms with E-state index in [1.807, 2.05) is 0 Å². The first kappa shape index (κ1) is 7.47. The highest BCUT2D eigenvalue weighted by Crippen LogP contribution is 2.20. The van der Waals surface area contributed by atoms with E-state index in [1.165, 1.54) is 6.92 Å². The van der Waals surface area contributed by atoms with E-state index in [9.17, 15) is 9.18 Å². The van der Waals surface area contributed by atoms with Gasteiger partial charge in [0, 0.05) is 6.92 Å². The average molecular weight is 147 g/mol. The third-order valence-electron chi connectivity index (χ3n) is 1.38. The SMILES string of the molecule is CC(=O)NCC1(F)COC1. The number of hydrogen-bond donors (Lipinski definition) is 1. The van der Waals surface area contributed by atoms with Gasteiger partial charge >= 0.3 is 0 Å². The first-order valence-electron chi connectivity index (χ1n) is 3.13. The van der Waals surface area contributed by atoms with Crippen molar-refractivity contribution in [1.82, 2.24) is 5.32 Å². The van der Waals surface area contributed by atoms with Crippen LogP contribution in [0.3, 0.4) is 0 Å². The van der Waals surface area contributed by atoms with Crippen LogP contribution in [0.5, 0.6) is 0 Å². The van der Waals surface area contributed by atoms with Crippen LogP contribution in [-0.4, -0.2) is 31.3 Å². The van der Waals surface area contributed by atoms with Crippen molar-refractivity contribution in [1.29, 1.82) is 0 Å². The smallest absolute Gasteiger partial charge is 0.216 e. The summed E-state index contributed by atoms with van der Waals surface area (Å²) in [5.74, 6) is -0.205. The lowest BCUT2D eigenvalue weighted by molar-refractivity contribution is -0.135. The zero-order valence-electron chi connectivity index (χ0n) is 5.82. The Hall–Kier alpha value is -0.640. The molecule has 1 rings (SSSR count). The maximum absolute atomic E-state index is 12.9. The number of ether oxygens (including phenoxy) is 1. The van der Waals surface area contributed by atoms with E-state index < -0.39 is 5.67 Å². The van der Waals surface area contributed by atoms with Crippen LogP contribution in [0.25, 0.3) is 0 Å². The van der Waals surface area contributed by atoms with Gasteiger partial charge in [0.15, 0.2) is 5.67 Å². The summed E-state index contributed by atoms with van der Waals surface area (Å²) in [6.07, 6.45) is 0. The summed E-state index contributed by atoms with van der Waals surface area (Å²) in [6.45, 7) is 1.64. The molecule has 3 nitrogen and oxygen atoms in total. The van der Waals surface area contributed by atoms with Crippen molar-refractivity contribution in [2.24, 2.45) is 0 Å². The zero-order valence-corrected chi connectivity index (χ0v) is 5.82. The van der Waals surface area contributed by atoms with E-state index in [2.05, 4.69) is 10.1 Å². The largest absolute Gasteiger partial charge is 0.374 e. The number of carbonyl (C=O) groups is 1. The Morgan fingerprint density at radius 2 is 2.40 bits per heavy atom. The summed E-state index contributed by atoms with van der Waals surface area (Å²) >= 11 is 0. The van der Waals surface area contributed by atoms with Gasteiger partial charge in [-0.1, -0.05) is 0 Å². The van der Waals surface area contributed by atoms with Crippen molar-refractivity contribution in [2.75, 3.05) is 19.8 Å². The van der Waals surface area contributed by atoms with Crippen molar-refractivity contribution in [2.45, 2.75) is 12.6 Å². The van der Waals surface area contributed by atoms with Gasteiger partial charge in [-0.2, -0.15) is 0 Å². The topological polar surface area (TPSA) is 38.3 Å². The normalized spacial score (nSPS) is 21.4. The third-order valence-corrected chi connectivity index (χ3v) is 1.38. The molecule has 0 aromatic rings. The molecule has 1 aliphatic heterocycles. The molecule has 1 saturated heterocycles. The molecule has 1 amide bonds.